The van der Waals surface area contributed by atoms with E-state index in [2.05, 4.69) is 16.7 Å². The molecule has 2 heterocycles. The van der Waals surface area contributed by atoms with Gasteiger partial charge in [-0.15, -0.1) is 0 Å². The van der Waals surface area contributed by atoms with Crippen molar-refractivity contribution in [2.24, 2.45) is 0 Å². The van der Waals surface area contributed by atoms with Crippen molar-refractivity contribution in [3.63, 3.8) is 0 Å². The first-order valence-electron chi connectivity index (χ1n) is 8.17. The fourth-order valence-electron chi connectivity index (χ4n) is 3.17. The molecule has 2 aliphatic rings. The van der Waals surface area contributed by atoms with E-state index in [-0.39, 0.29) is 5.91 Å². The minimum Gasteiger partial charge on any atom is -0.338 e. The molecule has 0 bridgehead atoms. The maximum atomic E-state index is 12.4. The van der Waals surface area contributed by atoms with Crippen LogP contribution in [0.4, 0.5) is 0 Å². The van der Waals surface area contributed by atoms with Gasteiger partial charge >= 0.3 is 0 Å². The van der Waals surface area contributed by atoms with Gasteiger partial charge in [0.2, 0.25) is 5.91 Å². The van der Waals surface area contributed by atoms with Crippen molar-refractivity contribution in [1.29, 1.82) is 0 Å². The number of carbonyl (C=O) groups is 1. The number of benzene rings is 1. The molecule has 3 nitrogen and oxygen atoms in total. The number of thioether (sulfide) groups is 1. The van der Waals surface area contributed by atoms with E-state index >= 15 is 0 Å². The Morgan fingerprint density at radius 2 is 2.00 bits per heavy atom. The summed E-state index contributed by atoms with van der Waals surface area (Å²) in [7, 11) is 0. The van der Waals surface area contributed by atoms with Gasteiger partial charge in [-0.3, -0.25) is 9.69 Å². The van der Waals surface area contributed by atoms with E-state index in [0.29, 0.717) is 0 Å². The molecule has 118 valence electrons. The quantitative estimate of drug-likeness (QED) is 0.801. The zero-order valence-corrected chi connectivity index (χ0v) is 13.8. The van der Waals surface area contributed by atoms with Crippen LogP contribution < -0.4 is 0 Å². The summed E-state index contributed by atoms with van der Waals surface area (Å²) in [4.78, 5) is 17.0. The molecule has 1 unspecified atom stereocenters. The summed E-state index contributed by atoms with van der Waals surface area (Å²) < 4.78 is 0. The number of amides is 1. The third kappa shape index (κ3) is 4.14. The van der Waals surface area contributed by atoms with Crippen LogP contribution in [-0.2, 0) is 4.79 Å². The Kier molecular flexibility index (Phi) is 5.57. The minimum absolute atomic E-state index is 0.145. The molecule has 1 aromatic rings. The molecule has 3 rings (SSSR count). The van der Waals surface area contributed by atoms with Crippen molar-refractivity contribution < 1.29 is 4.79 Å². The normalized spacial score (nSPS) is 23.8. The van der Waals surface area contributed by atoms with Gasteiger partial charge in [-0.25, -0.2) is 0 Å². The first-order chi connectivity index (χ1) is 10.8. The maximum absolute atomic E-state index is 12.4. The SMILES string of the molecule is O=C(/C=C/c1ccccc1)N1CCCN(C2CCSC2)CC1. The molecule has 4 heteroatoms. The predicted molar refractivity (Wildman–Crippen MR) is 94.0 cm³/mol. The molecule has 0 spiro atoms. The third-order valence-electron chi connectivity index (χ3n) is 4.48. The molecule has 0 saturated carbocycles. The molecule has 0 aromatic heterocycles. The van der Waals surface area contributed by atoms with Crippen molar-refractivity contribution in [3.05, 3.63) is 42.0 Å². The topological polar surface area (TPSA) is 23.6 Å². The van der Waals surface area contributed by atoms with Crippen LogP contribution in [0.1, 0.15) is 18.4 Å². The van der Waals surface area contributed by atoms with Crippen LogP contribution >= 0.6 is 11.8 Å². The van der Waals surface area contributed by atoms with E-state index in [1.54, 1.807) is 6.08 Å². The number of hydrogen-bond acceptors (Lipinski definition) is 3. The average molecular weight is 316 g/mol. The van der Waals surface area contributed by atoms with Gasteiger partial charge in [-0.2, -0.15) is 11.8 Å². The molecule has 0 radical (unpaired) electrons. The Hall–Kier alpha value is -1.26. The summed E-state index contributed by atoms with van der Waals surface area (Å²) in [5.74, 6) is 2.71. The van der Waals surface area contributed by atoms with Crippen molar-refractivity contribution in [2.45, 2.75) is 18.9 Å². The Morgan fingerprint density at radius 1 is 1.14 bits per heavy atom. The molecular formula is C18H24N2OS. The van der Waals surface area contributed by atoms with Gasteiger partial charge in [0.25, 0.3) is 0 Å². The molecular weight excluding hydrogens is 292 g/mol. The largest absolute Gasteiger partial charge is 0.338 e. The zero-order valence-electron chi connectivity index (χ0n) is 13.0. The summed E-state index contributed by atoms with van der Waals surface area (Å²) in [6.07, 6.45) is 6.04. The van der Waals surface area contributed by atoms with Gasteiger partial charge in [0.05, 0.1) is 0 Å². The first kappa shape index (κ1) is 15.6. The third-order valence-corrected chi connectivity index (χ3v) is 5.63. The zero-order chi connectivity index (χ0) is 15.2. The lowest BCUT2D eigenvalue weighted by Gasteiger charge is -2.26. The molecule has 1 atom stereocenters. The van der Waals surface area contributed by atoms with Crippen molar-refractivity contribution in [3.8, 4) is 0 Å². The fourth-order valence-corrected chi connectivity index (χ4v) is 4.43. The monoisotopic (exact) mass is 316 g/mol. The van der Waals surface area contributed by atoms with E-state index < -0.39 is 0 Å². The van der Waals surface area contributed by atoms with E-state index in [1.165, 1.54) is 17.9 Å². The minimum atomic E-state index is 0.145. The van der Waals surface area contributed by atoms with Crippen molar-refractivity contribution >= 4 is 23.7 Å². The van der Waals surface area contributed by atoms with Crippen molar-refractivity contribution in [1.82, 2.24) is 9.80 Å². The summed E-state index contributed by atoms with van der Waals surface area (Å²) in [5.41, 5.74) is 1.08. The van der Waals surface area contributed by atoms with Gasteiger partial charge in [0.1, 0.15) is 0 Å². The van der Waals surface area contributed by atoms with Crippen LogP contribution in [0.15, 0.2) is 36.4 Å². The summed E-state index contributed by atoms with van der Waals surface area (Å²) >= 11 is 2.06. The van der Waals surface area contributed by atoms with E-state index in [1.807, 2.05) is 41.3 Å². The highest BCUT2D eigenvalue weighted by Gasteiger charge is 2.25. The van der Waals surface area contributed by atoms with Gasteiger partial charge in [0.15, 0.2) is 0 Å². The highest BCUT2D eigenvalue weighted by atomic mass is 32.2. The second-order valence-corrected chi connectivity index (χ2v) is 7.13. The van der Waals surface area contributed by atoms with Crippen LogP contribution in [0, 0.1) is 0 Å². The molecule has 2 saturated heterocycles. The van der Waals surface area contributed by atoms with Crippen LogP contribution in [-0.4, -0.2) is 59.4 Å². The number of rotatable bonds is 3. The molecule has 2 aliphatic heterocycles. The lowest BCUT2D eigenvalue weighted by Crippen LogP contribution is -2.39. The lowest BCUT2D eigenvalue weighted by molar-refractivity contribution is -0.125. The van der Waals surface area contributed by atoms with Gasteiger partial charge in [-0.1, -0.05) is 30.3 Å². The number of carbonyl (C=O) groups excluding carboxylic acids is 1. The fraction of sp³-hybridized carbons (Fsp3) is 0.500. The second-order valence-electron chi connectivity index (χ2n) is 5.98. The first-order valence-corrected chi connectivity index (χ1v) is 9.32. The summed E-state index contributed by atoms with van der Waals surface area (Å²) in [6.45, 7) is 3.90. The average Bonchev–Trinajstić information content (AvgIpc) is 2.98. The van der Waals surface area contributed by atoms with Crippen LogP contribution in [0.2, 0.25) is 0 Å². The molecule has 22 heavy (non-hydrogen) atoms. The van der Waals surface area contributed by atoms with Crippen LogP contribution in [0.25, 0.3) is 6.08 Å². The second kappa shape index (κ2) is 7.84. The smallest absolute Gasteiger partial charge is 0.246 e. The highest BCUT2D eigenvalue weighted by Crippen LogP contribution is 2.23. The molecule has 0 aliphatic carbocycles. The van der Waals surface area contributed by atoms with Gasteiger partial charge < -0.3 is 4.90 Å². The molecule has 1 amide bonds. The predicted octanol–water partition coefficient (Wildman–Crippen LogP) is 2.74. The highest BCUT2D eigenvalue weighted by molar-refractivity contribution is 7.99. The molecule has 1 aromatic carbocycles. The van der Waals surface area contributed by atoms with Gasteiger partial charge in [-0.05, 0) is 30.2 Å². The van der Waals surface area contributed by atoms with Crippen molar-refractivity contribution in [2.75, 3.05) is 37.7 Å². The number of hydrogen-bond donors (Lipinski definition) is 0. The summed E-state index contributed by atoms with van der Waals surface area (Å²) in [6, 6.07) is 10.8. The van der Waals surface area contributed by atoms with E-state index in [9.17, 15) is 4.79 Å². The van der Waals surface area contributed by atoms with E-state index in [4.69, 9.17) is 0 Å². The Bertz CT molecular complexity index is 511. The van der Waals surface area contributed by atoms with Crippen LogP contribution in [0.5, 0.6) is 0 Å². The Labute approximate surface area is 137 Å². The Balaban J connectivity index is 1.54. The number of nitrogens with zero attached hydrogens (tertiary/aromatic N) is 2. The molecule has 0 N–H and O–H groups in total. The van der Waals surface area contributed by atoms with E-state index in [0.717, 1.165) is 44.2 Å². The summed E-state index contributed by atoms with van der Waals surface area (Å²) in [5, 5.41) is 0. The standard InChI is InChI=1S/C18H24N2OS/c21-18(8-7-16-5-2-1-3-6-16)20-11-4-10-19(12-13-20)17-9-14-22-15-17/h1-3,5-8,17H,4,9-15H2/b8-7+. The Morgan fingerprint density at radius 3 is 2.77 bits per heavy atom. The van der Waals surface area contributed by atoms with Gasteiger partial charge in [0, 0.05) is 44.0 Å². The maximum Gasteiger partial charge on any atom is 0.246 e. The van der Waals surface area contributed by atoms with Crippen LogP contribution in [0.3, 0.4) is 0 Å². The lowest BCUT2D eigenvalue weighted by atomic mass is 10.2. The molecule has 2 fully saturated rings.